The Morgan fingerprint density at radius 3 is 2.48 bits per heavy atom. The minimum Gasteiger partial charge on any atom is -0.481 e. The lowest BCUT2D eigenvalue weighted by Crippen LogP contribution is -2.42. The molecule has 0 radical (unpaired) electrons. The first-order valence-corrected chi connectivity index (χ1v) is 8.74. The summed E-state index contributed by atoms with van der Waals surface area (Å²) in [7, 11) is 1.56. The van der Waals surface area contributed by atoms with Crippen LogP contribution in [0.5, 0.6) is 5.75 Å². The Morgan fingerprint density at radius 1 is 1.19 bits per heavy atom. The molecule has 0 bridgehead atoms. The number of benzene rings is 2. The molecule has 1 N–H and O–H groups in total. The number of aryl methyl sites for hydroxylation is 1. The third kappa shape index (κ3) is 5.58. The number of anilines is 1. The van der Waals surface area contributed by atoms with Crippen LogP contribution in [-0.4, -0.2) is 36.4 Å². The van der Waals surface area contributed by atoms with Gasteiger partial charge in [-0.25, -0.2) is 0 Å². The predicted molar refractivity (Wildman–Crippen MR) is 103 cm³/mol. The fraction of sp³-hybridized carbons (Fsp3) is 0.286. The van der Waals surface area contributed by atoms with Crippen molar-refractivity contribution in [2.24, 2.45) is 0 Å². The first-order chi connectivity index (χ1) is 12.9. The van der Waals surface area contributed by atoms with E-state index in [1.165, 1.54) is 4.90 Å². The van der Waals surface area contributed by atoms with Crippen molar-refractivity contribution < 1.29 is 14.3 Å². The molecule has 1 atom stereocenters. The number of amides is 2. The number of likely N-dealkylation sites (N-methyl/N-ethyl adjacent to an activating group) is 1. The molecular formula is C21H23N3O3. The summed E-state index contributed by atoms with van der Waals surface area (Å²) >= 11 is 0. The Labute approximate surface area is 159 Å². The van der Waals surface area contributed by atoms with Gasteiger partial charge in [0.1, 0.15) is 5.75 Å². The highest BCUT2D eigenvalue weighted by Gasteiger charge is 2.21. The first-order valence-electron chi connectivity index (χ1n) is 8.74. The van der Waals surface area contributed by atoms with E-state index < -0.39 is 6.10 Å². The lowest BCUT2D eigenvalue weighted by atomic mass is 10.1. The average Bonchev–Trinajstić information content (AvgIpc) is 2.68. The predicted octanol–water partition coefficient (Wildman–Crippen LogP) is 2.99. The summed E-state index contributed by atoms with van der Waals surface area (Å²) < 4.78 is 5.60. The molecule has 2 amide bonds. The molecule has 140 valence electrons. The number of nitrogens with one attached hydrogen (secondary N) is 1. The van der Waals surface area contributed by atoms with Crippen LogP contribution in [0.4, 0.5) is 5.69 Å². The second kappa shape index (κ2) is 9.39. The lowest BCUT2D eigenvalue weighted by molar-refractivity contribution is -0.139. The Morgan fingerprint density at radius 2 is 1.85 bits per heavy atom. The van der Waals surface area contributed by atoms with E-state index in [1.54, 1.807) is 38.2 Å². The number of nitriles is 1. The van der Waals surface area contributed by atoms with Gasteiger partial charge in [0.2, 0.25) is 5.91 Å². The molecular weight excluding hydrogens is 342 g/mol. The third-order valence-electron chi connectivity index (χ3n) is 4.07. The normalized spacial score (nSPS) is 11.2. The van der Waals surface area contributed by atoms with Crippen molar-refractivity contribution in [3.63, 3.8) is 0 Å². The Balaban J connectivity index is 1.91. The summed E-state index contributed by atoms with van der Waals surface area (Å²) in [6.45, 7) is 3.57. The van der Waals surface area contributed by atoms with Gasteiger partial charge in [-0.05, 0) is 49.2 Å². The Kier molecular flexibility index (Phi) is 6.95. The van der Waals surface area contributed by atoms with E-state index in [9.17, 15) is 9.59 Å². The van der Waals surface area contributed by atoms with Gasteiger partial charge in [0.15, 0.2) is 6.10 Å². The SMILES string of the molecule is CCc1ccccc1NC(=O)CN(C)C(=O)C(C)Oc1ccc(C#N)cc1. The monoisotopic (exact) mass is 365 g/mol. The number of hydrogen-bond donors (Lipinski definition) is 1. The summed E-state index contributed by atoms with van der Waals surface area (Å²) in [6, 6.07) is 16.1. The van der Waals surface area contributed by atoms with Crippen LogP contribution in [0.1, 0.15) is 25.0 Å². The van der Waals surface area contributed by atoms with Gasteiger partial charge in [-0.1, -0.05) is 25.1 Å². The zero-order valence-corrected chi connectivity index (χ0v) is 15.7. The summed E-state index contributed by atoms with van der Waals surface area (Å²) in [5.74, 6) is -0.0832. The van der Waals surface area contributed by atoms with Gasteiger partial charge < -0.3 is 15.0 Å². The highest BCUT2D eigenvalue weighted by Crippen LogP contribution is 2.16. The first kappa shape index (κ1) is 20.0. The Hall–Kier alpha value is -3.33. The summed E-state index contributed by atoms with van der Waals surface area (Å²) in [4.78, 5) is 26.1. The van der Waals surface area contributed by atoms with E-state index in [2.05, 4.69) is 5.32 Å². The van der Waals surface area contributed by atoms with Gasteiger partial charge in [0.25, 0.3) is 5.91 Å². The fourth-order valence-electron chi connectivity index (χ4n) is 2.61. The van der Waals surface area contributed by atoms with Crippen LogP contribution in [0.25, 0.3) is 0 Å². The molecule has 0 saturated carbocycles. The fourth-order valence-corrected chi connectivity index (χ4v) is 2.61. The Bertz CT molecular complexity index is 840. The van der Waals surface area contributed by atoms with E-state index in [0.29, 0.717) is 11.3 Å². The second-order valence-corrected chi connectivity index (χ2v) is 6.15. The number of para-hydroxylation sites is 1. The van der Waals surface area contributed by atoms with E-state index in [-0.39, 0.29) is 18.4 Å². The van der Waals surface area contributed by atoms with Gasteiger partial charge >= 0.3 is 0 Å². The standard InChI is InChI=1S/C21H23N3O3/c1-4-17-7-5-6-8-19(17)23-20(25)14-24(3)21(26)15(2)27-18-11-9-16(13-22)10-12-18/h5-12,15H,4,14H2,1-3H3,(H,23,25). The quantitative estimate of drug-likeness (QED) is 0.818. The average molecular weight is 365 g/mol. The number of nitrogens with zero attached hydrogens (tertiary/aromatic N) is 2. The molecule has 2 aromatic carbocycles. The second-order valence-electron chi connectivity index (χ2n) is 6.15. The van der Waals surface area contributed by atoms with Crippen LogP contribution in [-0.2, 0) is 16.0 Å². The van der Waals surface area contributed by atoms with E-state index in [1.807, 2.05) is 37.3 Å². The highest BCUT2D eigenvalue weighted by atomic mass is 16.5. The van der Waals surface area contributed by atoms with Gasteiger partial charge in [-0.2, -0.15) is 5.26 Å². The summed E-state index contributed by atoms with van der Waals surface area (Å²) in [5, 5.41) is 11.6. The molecule has 0 fully saturated rings. The molecule has 2 aromatic rings. The molecule has 0 aliphatic heterocycles. The molecule has 0 aliphatic carbocycles. The van der Waals surface area contributed by atoms with Crippen LogP contribution in [0.3, 0.4) is 0 Å². The maximum absolute atomic E-state index is 12.5. The molecule has 0 spiro atoms. The van der Waals surface area contributed by atoms with E-state index in [0.717, 1.165) is 17.7 Å². The summed E-state index contributed by atoms with van der Waals surface area (Å²) in [5.41, 5.74) is 2.31. The molecule has 6 heteroatoms. The number of carbonyl (C=O) groups is 2. The van der Waals surface area contributed by atoms with Gasteiger partial charge in [-0.3, -0.25) is 9.59 Å². The molecule has 0 aromatic heterocycles. The zero-order chi connectivity index (χ0) is 19.8. The van der Waals surface area contributed by atoms with Crippen molar-refractivity contribution in [3.05, 3.63) is 59.7 Å². The minimum absolute atomic E-state index is 0.0715. The topological polar surface area (TPSA) is 82.4 Å². The number of ether oxygens (including phenoxy) is 1. The van der Waals surface area contributed by atoms with Gasteiger partial charge in [0.05, 0.1) is 18.2 Å². The van der Waals surface area contributed by atoms with Crippen LogP contribution in [0.2, 0.25) is 0 Å². The van der Waals surface area contributed by atoms with Crippen molar-refractivity contribution in [3.8, 4) is 11.8 Å². The maximum atomic E-state index is 12.5. The molecule has 2 rings (SSSR count). The van der Waals surface area contributed by atoms with Crippen molar-refractivity contribution in [2.45, 2.75) is 26.4 Å². The number of rotatable bonds is 7. The number of hydrogen-bond acceptors (Lipinski definition) is 4. The third-order valence-corrected chi connectivity index (χ3v) is 4.07. The lowest BCUT2D eigenvalue weighted by Gasteiger charge is -2.22. The van der Waals surface area contributed by atoms with Crippen molar-refractivity contribution >= 4 is 17.5 Å². The van der Waals surface area contributed by atoms with E-state index in [4.69, 9.17) is 10.00 Å². The smallest absolute Gasteiger partial charge is 0.263 e. The minimum atomic E-state index is -0.751. The zero-order valence-electron chi connectivity index (χ0n) is 15.7. The largest absolute Gasteiger partial charge is 0.481 e. The van der Waals surface area contributed by atoms with E-state index >= 15 is 0 Å². The van der Waals surface area contributed by atoms with Gasteiger partial charge in [-0.15, -0.1) is 0 Å². The molecule has 0 saturated heterocycles. The van der Waals surface area contributed by atoms with Gasteiger partial charge in [0, 0.05) is 12.7 Å². The van der Waals surface area contributed by atoms with Crippen LogP contribution in [0.15, 0.2) is 48.5 Å². The van der Waals surface area contributed by atoms with Crippen LogP contribution in [0, 0.1) is 11.3 Å². The van der Waals surface area contributed by atoms with Crippen LogP contribution < -0.4 is 10.1 Å². The van der Waals surface area contributed by atoms with Crippen molar-refractivity contribution in [1.29, 1.82) is 5.26 Å². The molecule has 0 aliphatic rings. The molecule has 1 unspecified atom stereocenters. The van der Waals surface area contributed by atoms with Crippen molar-refractivity contribution in [2.75, 3.05) is 18.9 Å². The molecule has 27 heavy (non-hydrogen) atoms. The highest BCUT2D eigenvalue weighted by molar-refractivity contribution is 5.95. The molecule has 0 heterocycles. The van der Waals surface area contributed by atoms with Crippen molar-refractivity contribution in [1.82, 2.24) is 4.90 Å². The molecule has 6 nitrogen and oxygen atoms in total. The van der Waals surface area contributed by atoms with Crippen LogP contribution >= 0.6 is 0 Å². The number of carbonyl (C=O) groups excluding carboxylic acids is 2. The maximum Gasteiger partial charge on any atom is 0.263 e. The summed E-state index contributed by atoms with van der Waals surface area (Å²) in [6.07, 6.45) is 0.0550.